The Morgan fingerprint density at radius 3 is 2.35 bits per heavy atom. The maximum Gasteiger partial charge on any atom is 0.416 e. The van der Waals surface area contributed by atoms with E-state index in [1.54, 1.807) is 0 Å². The van der Waals surface area contributed by atoms with Gasteiger partial charge in [-0.15, -0.1) is 0 Å². The number of aliphatic hydroxyl groups is 1. The van der Waals surface area contributed by atoms with E-state index in [0.717, 1.165) is 85.2 Å². The fourth-order valence-electron chi connectivity index (χ4n) is 6.20. The van der Waals surface area contributed by atoms with Crippen molar-refractivity contribution in [1.82, 2.24) is 4.98 Å². The second-order valence-electron chi connectivity index (χ2n) is 10.7. The van der Waals surface area contributed by atoms with E-state index in [2.05, 4.69) is 6.08 Å². The third-order valence-electron chi connectivity index (χ3n) is 8.06. The van der Waals surface area contributed by atoms with Gasteiger partial charge in [-0.1, -0.05) is 38.5 Å². The average Bonchev–Trinajstić information content (AvgIpc) is 3.30. The predicted molar refractivity (Wildman–Crippen MR) is 127 cm³/mol. The molecule has 3 nitrogen and oxygen atoms in total. The first-order valence-electron chi connectivity index (χ1n) is 12.4. The summed E-state index contributed by atoms with van der Waals surface area (Å²) in [4.78, 5) is 5.09. The summed E-state index contributed by atoms with van der Waals surface area (Å²) >= 11 is 0. The van der Waals surface area contributed by atoms with Gasteiger partial charge < -0.3 is 10.2 Å². The predicted octanol–water partition coefficient (Wildman–Crippen LogP) is 6.76. The highest BCUT2D eigenvalue weighted by molar-refractivity contribution is 5.75. The van der Waals surface area contributed by atoms with E-state index in [-0.39, 0.29) is 11.3 Å². The van der Waals surface area contributed by atoms with Gasteiger partial charge in [0.25, 0.3) is 0 Å². The quantitative estimate of drug-likeness (QED) is 0.500. The summed E-state index contributed by atoms with van der Waals surface area (Å²) in [6.07, 6.45) is 4.39. The number of aromatic nitrogens is 1. The SMILES string of the molecule is CC(C)c1nc2c(c(C3=CCCC3)c1[C@H](O)c1ccc(C(F)(F)F)cc1)[C@@H]([OH2+])CC1(CCC1)C2. The summed E-state index contributed by atoms with van der Waals surface area (Å²) in [6, 6.07) is 4.79. The molecule has 3 aliphatic rings. The number of fused-ring (bicyclic) bond motifs is 1. The molecule has 34 heavy (non-hydrogen) atoms. The van der Waals surface area contributed by atoms with Crippen molar-refractivity contribution >= 4 is 5.57 Å². The fourth-order valence-corrected chi connectivity index (χ4v) is 6.20. The maximum atomic E-state index is 13.1. The van der Waals surface area contributed by atoms with Gasteiger partial charge in [0.2, 0.25) is 0 Å². The smallest absolute Gasteiger partial charge is 0.416 e. The lowest BCUT2D eigenvalue weighted by Crippen LogP contribution is -2.38. The Balaban J connectivity index is 1.69. The van der Waals surface area contributed by atoms with Crippen LogP contribution in [0, 0.1) is 5.41 Å². The number of rotatable bonds is 4. The Morgan fingerprint density at radius 2 is 1.82 bits per heavy atom. The molecule has 0 saturated heterocycles. The van der Waals surface area contributed by atoms with Gasteiger partial charge in [-0.3, -0.25) is 4.98 Å². The highest BCUT2D eigenvalue weighted by Crippen LogP contribution is 2.55. The van der Waals surface area contributed by atoms with Crippen LogP contribution in [0.25, 0.3) is 5.57 Å². The molecule has 0 amide bonds. The third-order valence-corrected chi connectivity index (χ3v) is 8.06. The van der Waals surface area contributed by atoms with Crippen molar-refractivity contribution in [3.8, 4) is 0 Å². The van der Waals surface area contributed by atoms with Crippen molar-refractivity contribution in [1.29, 1.82) is 0 Å². The van der Waals surface area contributed by atoms with Crippen molar-refractivity contribution in [2.75, 3.05) is 0 Å². The third kappa shape index (κ3) is 3.99. The van der Waals surface area contributed by atoms with Crippen LogP contribution in [0.3, 0.4) is 0 Å². The molecule has 0 bridgehead atoms. The van der Waals surface area contributed by atoms with Crippen LogP contribution < -0.4 is 0 Å². The summed E-state index contributed by atoms with van der Waals surface area (Å²) in [6.45, 7) is 4.09. The molecule has 1 fully saturated rings. The first-order chi connectivity index (χ1) is 16.1. The van der Waals surface area contributed by atoms with Gasteiger partial charge in [-0.2, -0.15) is 13.2 Å². The topological polar surface area (TPSA) is 56.0 Å². The molecule has 1 aromatic carbocycles. The molecule has 182 valence electrons. The molecule has 6 heteroatoms. The first-order valence-corrected chi connectivity index (χ1v) is 12.4. The number of allylic oxidation sites excluding steroid dienone is 2. The number of hydrogen-bond donors (Lipinski definition) is 1. The number of alkyl halides is 3. The van der Waals surface area contributed by atoms with Gasteiger partial charge in [0.05, 0.1) is 16.8 Å². The summed E-state index contributed by atoms with van der Waals surface area (Å²) in [5, 5.41) is 20.7. The molecule has 0 unspecified atom stereocenters. The minimum absolute atomic E-state index is 0.0357. The Hall–Kier alpha value is -2.18. The molecular weight excluding hydrogens is 439 g/mol. The van der Waals surface area contributed by atoms with E-state index in [9.17, 15) is 18.3 Å². The Labute approximate surface area is 198 Å². The monoisotopic (exact) mass is 472 g/mol. The largest absolute Gasteiger partial charge is 0.440 e. The molecule has 1 heterocycles. The zero-order valence-electron chi connectivity index (χ0n) is 19.8. The fraction of sp³-hybridized carbons (Fsp3) is 0.536. The van der Waals surface area contributed by atoms with E-state index < -0.39 is 23.9 Å². The Bertz CT molecular complexity index is 1110. The van der Waals surface area contributed by atoms with Crippen molar-refractivity contribution in [2.45, 2.75) is 89.5 Å². The normalized spacial score (nSPS) is 22.5. The van der Waals surface area contributed by atoms with E-state index in [0.29, 0.717) is 11.1 Å². The van der Waals surface area contributed by atoms with Crippen molar-refractivity contribution in [3.63, 3.8) is 0 Å². The van der Waals surface area contributed by atoms with E-state index in [1.807, 2.05) is 13.8 Å². The molecular formula is C28H33F3NO2+. The molecule has 1 spiro atoms. The van der Waals surface area contributed by atoms with E-state index >= 15 is 0 Å². The lowest BCUT2D eigenvalue weighted by atomic mass is 9.59. The van der Waals surface area contributed by atoms with Crippen LogP contribution in [-0.4, -0.2) is 15.2 Å². The van der Waals surface area contributed by atoms with Crippen LogP contribution in [-0.2, 0) is 12.6 Å². The Kier molecular flexibility index (Phi) is 5.88. The molecule has 1 aromatic heterocycles. The van der Waals surface area contributed by atoms with Crippen LogP contribution in [0.2, 0.25) is 0 Å². The zero-order chi connectivity index (χ0) is 24.3. The number of nitrogens with zero attached hydrogens (tertiary/aromatic N) is 1. The van der Waals surface area contributed by atoms with Gasteiger partial charge in [0.15, 0.2) is 6.10 Å². The second-order valence-corrected chi connectivity index (χ2v) is 10.7. The van der Waals surface area contributed by atoms with E-state index in [1.165, 1.54) is 18.6 Å². The van der Waals surface area contributed by atoms with Crippen LogP contribution in [0.1, 0.15) is 116 Å². The lowest BCUT2D eigenvalue weighted by Gasteiger charge is -2.46. The van der Waals surface area contributed by atoms with Gasteiger partial charge in [-0.25, -0.2) is 0 Å². The number of pyridine rings is 1. The maximum absolute atomic E-state index is 13.1. The van der Waals surface area contributed by atoms with Crippen molar-refractivity contribution < 1.29 is 23.4 Å². The van der Waals surface area contributed by atoms with Crippen LogP contribution in [0.5, 0.6) is 0 Å². The van der Waals surface area contributed by atoms with Gasteiger partial charge >= 0.3 is 6.18 Å². The first kappa shape index (κ1) is 23.6. The molecule has 2 aromatic rings. The summed E-state index contributed by atoms with van der Waals surface area (Å²) < 4.78 is 39.3. The summed E-state index contributed by atoms with van der Waals surface area (Å²) in [7, 11) is 0. The minimum atomic E-state index is -4.42. The molecule has 3 aliphatic carbocycles. The summed E-state index contributed by atoms with van der Waals surface area (Å²) in [5.74, 6) is 0.0357. The minimum Gasteiger partial charge on any atom is -0.440 e. The molecule has 0 radical (unpaired) electrons. The number of halogens is 3. The van der Waals surface area contributed by atoms with Gasteiger partial charge in [0, 0.05) is 17.7 Å². The summed E-state index contributed by atoms with van der Waals surface area (Å²) in [5.41, 5.74) is 5.42. The van der Waals surface area contributed by atoms with Gasteiger partial charge in [-0.05, 0) is 78.7 Å². The van der Waals surface area contributed by atoms with Crippen LogP contribution in [0.15, 0.2) is 30.3 Å². The highest BCUT2D eigenvalue weighted by atomic mass is 19.4. The number of hydrogen-bond acceptors (Lipinski definition) is 2. The van der Waals surface area contributed by atoms with Crippen molar-refractivity contribution in [3.05, 3.63) is 69.5 Å². The van der Waals surface area contributed by atoms with E-state index in [4.69, 9.17) is 10.1 Å². The average molecular weight is 473 g/mol. The van der Waals surface area contributed by atoms with Crippen LogP contribution >= 0.6 is 0 Å². The van der Waals surface area contributed by atoms with Crippen LogP contribution in [0.4, 0.5) is 13.2 Å². The standard InChI is InChI=1S/C28H32F3NO2/c1-16(2)25-24(26(34)18-8-10-19(11-9-18)28(29,30)31)22(17-6-3-4-7-17)23-20(32-25)14-27(12-5-13-27)15-21(23)33/h6,8-11,16,21,26,33-34H,3-5,7,12-15H2,1-2H3/p+1/t21-,26+/m0/s1. The molecule has 0 aliphatic heterocycles. The van der Waals surface area contributed by atoms with Gasteiger partial charge in [0.1, 0.15) is 6.10 Å². The molecule has 5 rings (SSSR count). The zero-order valence-corrected chi connectivity index (χ0v) is 19.8. The number of benzene rings is 1. The molecule has 3 N–H and O–H groups in total. The Morgan fingerprint density at radius 1 is 1.12 bits per heavy atom. The molecule has 1 saturated carbocycles. The lowest BCUT2D eigenvalue weighted by molar-refractivity contribution is -0.137. The second kappa shape index (κ2) is 8.49. The number of aliphatic hydroxyl groups excluding tert-OH is 1. The highest BCUT2D eigenvalue weighted by Gasteiger charge is 2.47. The van der Waals surface area contributed by atoms with Crippen molar-refractivity contribution in [2.24, 2.45) is 5.41 Å². The molecule has 2 atom stereocenters.